The summed E-state index contributed by atoms with van der Waals surface area (Å²) >= 11 is 0. The molecule has 4 aromatic rings. The SMILES string of the molecule is Cc1nc(NC2CCCc3ccccc32)cc(-c2cccc3c2ccn3C)n1. The standard InChI is InChI=1S/C24H24N4/c1-16-25-22(19-10-6-12-23-20(19)13-14-28(23)2)15-24(26-16)27-21-11-5-8-17-7-3-4-9-18(17)21/h3-4,6-7,9-10,12-15,21H,5,8,11H2,1-2H3,(H,25,26,27). The van der Waals surface area contributed by atoms with E-state index in [1.54, 1.807) is 0 Å². The number of aryl methyl sites for hydroxylation is 3. The molecule has 0 radical (unpaired) electrons. The van der Waals surface area contributed by atoms with Gasteiger partial charge in [0.15, 0.2) is 0 Å². The van der Waals surface area contributed by atoms with E-state index in [9.17, 15) is 0 Å². The van der Waals surface area contributed by atoms with Crippen LogP contribution in [0, 0.1) is 6.92 Å². The van der Waals surface area contributed by atoms with Crippen molar-refractivity contribution in [3.05, 3.63) is 77.7 Å². The molecule has 0 aliphatic heterocycles. The van der Waals surface area contributed by atoms with Gasteiger partial charge in [0.25, 0.3) is 0 Å². The van der Waals surface area contributed by atoms with Crippen LogP contribution in [0.1, 0.15) is 35.8 Å². The molecule has 1 atom stereocenters. The van der Waals surface area contributed by atoms with E-state index in [1.165, 1.54) is 34.9 Å². The third-order valence-electron chi connectivity index (χ3n) is 5.73. The Morgan fingerprint density at radius 2 is 1.93 bits per heavy atom. The van der Waals surface area contributed by atoms with Gasteiger partial charge in [-0.2, -0.15) is 0 Å². The molecule has 4 heteroatoms. The topological polar surface area (TPSA) is 42.7 Å². The fraction of sp³-hybridized carbons (Fsp3) is 0.250. The first-order chi connectivity index (χ1) is 13.7. The molecule has 0 saturated carbocycles. The lowest BCUT2D eigenvalue weighted by atomic mass is 9.88. The third-order valence-corrected chi connectivity index (χ3v) is 5.73. The molecule has 2 heterocycles. The molecule has 1 N–H and O–H groups in total. The number of anilines is 1. The largest absolute Gasteiger partial charge is 0.363 e. The normalized spacial score (nSPS) is 16.1. The number of nitrogens with one attached hydrogen (secondary N) is 1. The first-order valence-electron chi connectivity index (χ1n) is 9.93. The van der Waals surface area contributed by atoms with E-state index in [0.29, 0.717) is 6.04 Å². The Kier molecular flexibility index (Phi) is 4.12. The minimum atomic E-state index is 0.305. The number of nitrogens with zero attached hydrogens (tertiary/aromatic N) is 3. The van der Waals surface area contributed by atoms with Gasteiger partial charge in [-0.25, -0.2) is 9.97 Å². The molecule has 0 amide bonds. The predicted octanol–water partition coefficient (Wildman–Crippen LogP) is 5.43. The maximum atomic E-state index is 4.74. The summed E-state index contributed by atoms with van der Waals surface area (Å²) in [5.74, 6) is 1.69. The molecule has 28 heavy (non-hydrogen) atoms. The molecule has 2 aromatic carbocycles. The Hall–Kier alpha value is -3.14. The fourth-order valence-corrected chi connectivity index (χ4v) is 4.39. The monoisotopic (exact) mass is 368 g/mol. The third kappa shape index (κ3) is 2.95. The zero-order valence-corrected chi connectivity index (χ0v) is 16.3. The molecule has 0 bridgehead atoms. The van der Waals surface area contributed by atoms with Crippen LogP contribution in [-0.2, 0) is 13.5 Å². The molecular formula is C24H24N4. The van der Waals surface area contributed by atoms with Crippen molar-refractivity contribution in [1.29, 1.82) is 0 Å². The molecule has 0 spiro atoms. The highest BCUT2D eigenvalue weighted by Crippen LogP contribution is 2.33. The zero-order valence-electron chi connectivity index (χ0n) is 16.3. The molecule has 0 saturated heterocycles. The minimum Gasteiger partial charge on any atom is -0.363 e. The van der Waals surface area contributed by atoms with Crippen molar-refractivity contribution >= 4 is 16.7 Å². The van der Waals surface area contributed by atoms with E-state index in [1.807, 2.05) is 6.92 Å². The van der Waals surface area contributed by atoms with Crippen LogP contribution < -0.4 is 5.32 Å². The lowest BCUT2D eigenvalue weighted by Gasteiger charge is -2.27. The smallest absolute Gasteiger partial charge is 0.130 e. The molecular weight excluding hydrogens is 344 g/mol. The Balaban J connectivity index is 1.54. The zero-order chi connectivity index (χ0) is 19.1. The average molecular weight is 368 g/mol. The summed E-state index contributed by atoms with van der Waals surface area (Å²) in [5.41, 5.74) is 6.18. The molecule has 4 nitrogen and oxygen atoms in total. The molecule has 5 rings (SSSR count). The molecule has 1 unspecified atom stereocenters. The van der Waals surface area contributed by atoms with Gasteiger partial charge in [0.05, 0.1) is 11.7 Å². The number of fused-ring (bicyclic) bond motifs is 2. The van der Waals surface area contributed by atoms with Crippen molar-refractivity contribution in [2.24, 2.45) is 7.05 Å². The number of aromatic nitrogens is 3. The second-order valence-electron chi connectivity index (χ2n) is 7.64. The highest BCUT2D eigenvalue weighted by Gasteiger charge is 2.20. The minimum absolute atomic E-state index is 0.305. The van der Waals surface area contributed by atoms with Crippen molar-refractivity contribution in [2.75, 3.05) is 5.32 Å². The molecule has 0 fully saturated rings. The van der Waals surface area contributed by atoms with E-state index in [2.05, 4.69) is 82.7 Å². The summed E-state index contributed by atoms with van der Waals surface area (Å²) in [4.78, 5) is 9.42. The van der Waals surface area contributed by atoms with E-state index >= 15 is 0 Å². The first-order valence-corrected chi connectivity index (χ1v) is 9.93. The summed E-state index contributed by atoms with van der Waals surface area (Å²) in [6.07, 6.45) is 5.59. The predicted molar refractivity (Wildman–Crippen MR) is 114 cm³/mol. The number of hydrogen-bond acceptors (Lipinski definition) is 3. The van der Waals surface area contributed by atoms with Crippen LogP contribution >= 0.6 is 0 Å². The maximum Gasteiger partial charge on any atom is 0.130 e. The van der Waals surface area contributed by atoms with Crippen molar-refractivity contribution in [1.82, 2.24) is 14.5 Å². The van der Waals surface area contributed by atoms with E-state index in [0.717, 1.165) is 29.3 Å². The molecule has 1 aliphatic carbocycles. The van der Waals surface area contributed by atoms with Gasteiger partial charge in [-0.15, -0.1) is 0 Å². The van der Waals surface area contributed by atoms with Crippen molar-refractivity contribution in [3.8, 4) is 11.3 Å². The Labute approximate surface area is 165 Å². The van der Waals surface area contributed by atoms with Crippen molar-refractivity contribution < 1.29 is 0 Å². The van der Waals surface area contributed by atoms with Gasteiger partial charge >= 0.3 is 0 Å². The van der Waals surface area contributed by atoms with Crippen LogP contribution in [-0.4, -0.2) is 14.5 Å². The van der Waals surface area contributed by atoms with E-state index in [-0.39, 0.29) is 0 Å². The Bertz CT molecular complexity index is 1160. The summed E-state index contributed by atoms with van der Waals surface area (Å²) < 4.78 is 2.14. The van der Waals surface area contributed by atoms with Gasteiger partial charge in [-0.1, -0.05) is 36.4 Å². The summed E-state index contributed by atoms with van der Waals surface area (Å²) in [7, 11) is 2.07. The van der Waals surface area contributed by atoms with Crippen molar-refractivity contribution in [3.63, 3.8) is 0 Å². The van der Waals surface area contributed by atoms with Gasteiger partial charge in [0.1, 0.15) is 11.6 Å². The Morgan fingerprint density at radius 1 is 1.04 bits per heavy atom. The summed E-state index contributed by atoms with van der Waals surface area (Å²) in [5, 5.41) is 4.90. The lowest BCUT2D eigenvalue weighted by molar-refractivity contribution is 0.598. The highest BCUT2D eigenvalue weighted by molar-refractivity contribution is 5.94. The quantitative estimate of drug-likeness (QED) is 0.524. The van der Waals surface area contributed by atoms with Gasteiger partial charge in [0.2, 0.25) is 0 Å². The van der Waals surface area contributed by atoms with E-state index in [4.69, 9.17) is 4.98 Å². The van der Waals surface area contributed by atoms with Crippen molar-refractivity contribution in [2.45, 2.75) is 32.2 Å². The Morgan fingerprint density at radius 3 is 2.86 bits per heavy atom. The summed E-state index contributed by atoms with van der Waals surface area (Å²) in [6.45, 7) is 1.97. The van der Waals surface area contributed by atoms with Crippen LogP contribution in [0.3, 0.4) is 0 Å². The van der Waals surface area contributed by atoms with Crippen LogP contribution in [0.25, 0.3) is 22.2 Å². The fourth-order valence-electron chi connectivity index (χ4n) is 4.39. The first kappa shape index (κ1) is 17.0. The highest BCUT2D eigenvalue weighted by atomic mass is 15.0. The van der Waals surface area contributed by atoms with Crippen LogP contribution in [0.2, 0.25) is 0 Å². The second-order valence-corrected chi connectivity index (χ2v) is 7.64. The molecule has 1 aliphatic rings. The van der Waals surface area contributed by atoms with Gasteiger partial charge in [-0.3, -0.25) is 0 Å². The van der Waals surface area contributed by atoms with Gasteiger partial charge in [-0.05, 0) is 49.4 Å². The summed E-state index contributed by atoms with van der Waals surface area (Å²) in [6, 6.07) is 19.7. The van der Waals surface area contributed by atoms with Crippen LogP contribution in [0.4, 0.5) is 5.82 Å². The van der Waals surface area contributed by atoms with E-state index < -0.39 is 0 Å². The molecule has 2 aromatic heterocycles. The van der Waals surface area contributed by atoms with Gasteiger partial charge < -0.3 is 9.88 Å². The van der Waals surface area contributed by atoms with Crippen LogP contribution in [0.15, 0.2) is 60.8 Å². The number of hydrogen-bond donors (Lipinski definition) is 1. The number of rotatable bonds is 3. The molecule has 140 valence electrons. The number of benzene rings is 2. The average Bonchev–Trinajstić information content (AvgIpc) is 3.09. The van der Waals surface area contributed by atoms with Gasteiger partial charge in [0, 0.05) is 35.8 Å². The maximum absolute atomic E-state index is 4.74. The lowest BCUT2D eigenvalue weighted by Crippen LogP contribution is -2.18. The van der Waals surface area contributed by atoms with Crippen LogP contribution in [0.5, 0.6) is 0 Å². The second kappa shape index (κ2) is 6.79.